The van der Waals surface area contributed by atoms with Gasteiger partial charge in [0.15, 0.2) is 0 Å². The van der Waals surface area contributed by atoms with E-state index < -0.39 is 0 Å². The molecule has 2 heteroatoms. The molecule has 1 aliphatic carbocycles. The molecule has 1 nitrogen and oxygen atoms in total. The van der Waals surface area contributed by atoms with Gasteiger partial charge in [0, 0.05) is 18.4 Å². The van der Waals surface area contributed by atoms with E-state index in [4.69, 9.17) is 0 Å². The van der Waals surface area contributed by atoms with Crippen molar-refractivity contribution in [2.45, 2.75) is 37.6 Å². The van der Waals surface area contributed by atoms with E-state index in [1.54, 1.807) is 12.1 Å². The molecule has 0 spiro atoms. The Hall–Kier alpha value is -0.890. The van der Waals surface area contributed by atoms with Gasteiger partial charge in [-0.05, 0) is 37.1 Å². The Labute approximate surface area is 90.7 Å². The van der Waals surface area contributed by atoms with Gasteiger partial charge in [-0.25, -0.2) is 4.39 Å². The molecule has 0 atom stereocenters. The zero-order valence-corrected chi connectivity index (χ0v) is 9.30. The lowest BCUT2D eigenvalue weighted by Gasteiger charge is -2.34. The van der Waals surface area contributed by atoms with Crippen LogP contribution in [0.15, 0.2) is 24.3 Å². The normalized spacial score (nSPS) is 20.1. The van der Waals surface area contributed by atoms with E-state index in [9.17, 15) is 4.39 Å². The standard InChI is InChI=1S/C13H18FN/c1-15-13(9-3-2-4-10-13)11-5-7-12(14)8-6-11/h5-8,15H,2-4,9-10H2,1H3/p+1. The highest BCUT2D eigenvalue weighted by molar-refractivity contribution is 5.23. The molecule has 0 unspecified atom stereocenters. The van der Waals surface area contributed by atoms with E-state index >= 15 is 0 Å². The Bertz CT molecular complexity index is 312. The van der Waals surface area contributed by atoms with Crippen LogP contribution in [0.25, 0.3) is 0 Å². The molecule has 1 aromatic rings. The molecule has 0 bridgehead atoms. The molecule has 2 N–H and O–H groups in total. The average Bonchev–Trinajstić information content (AvgIpc) is 2.31. The maximum absolute atomic E-state index is 12.9. The zero-order chi connectivity index (χ0) is 10.7. The second-order valence-corrected chi connectivity index (χ2v) is 4.51. The van der Waals surface area contributed by atoms with Crippen molar-refractivity contribution in [2.24, 2.45) is 0 Å². The van der Waals surface area contributed by atoms with Gasteiger partial charge in [0.2, 0.25) is 0 Å². The number of rotatable bonds is 2. The van der Waals surface area contributed by atoms with Crippen LogP contribution < -0.4 is 5.32 Å². The van der Waals surface area contributed by atoms with Gasteiger partial charge < -0.3 is 5.32 Å². The Morgan fingerprint density at radius 1 is 1.07 bits per heavy atom. The third-order valence-electron chi connectivity index (χ3n) is 3.72. The average molecular weight is 208 g/mol. The van der Waals surface area contributed by atoms with Crippen LogP contribution in [0.4, 0.5) is 4.39 Å². The van der Waals surface area contributed by atoms with Gasteiger partial charge in [-0.15, -0.1) is 0 Å². The van der Waals surface area contributed by atoms with Crippen molar-refractivity contribution < 1.29 is 9.71 Å². The van der Waals surface area contributed by atoms with Gasteiger partial charge in [-0.1, -0.05) is 6.42 Å². The lowest BCUT2D eigenvalue weighted by atomic mass is 9.77. The second-order valence-electron chi connectivity index (χ2n) is 4.51. The first kappa shape index (κ1) is 10.6. The molecule has 0 saturated heterocycles. The molecule has 0 aromatic heterocycles. The molecule has 1 fully saturated rings. The maximum atomic E-state index is 12.9. The van der Waals surface area contributed by atoms with E-state index in [1.807, 2.05) is 12.1 Å². The van der Waals surface area contributed by atoms with Crippen molar-refractivity contribution in [1.29, 1.82) is 0 Å². The predicted octanol–water partition coefficient (Wildman–Crippen LogP) is 2.18. The van der Waals surface area contributed by atoms with Gasteiger partial charge >= 0.3 is 0 Å². The number of benzene rings is 1. The van der Waals surface area contributed by atoms with Crippen molar-refractivity contribution in [1.82, 2.24) is 0 Å². The highest BCUT2D eigenvalue weighted by Crippen LogP contribution is 2.33. The van der Waals surface area contributed by atoms with Crippen LogP contribution in [0.1, 0.15) is 37.7 Å². The number of quaternary nitrogens is 1. The van der Waals surface area contributed by atoms with Crippen LogP contribution in [0, 0.1) is 5.82 Å². The van der Waals surface area contributed by atoms with E-state index in [1.165, 1.54) is 37.7 Å². The molecule has 0 heterocycles. The first-order chi connectivity index (χ1) is 7.27. The zero-order valence-electron chi connectivity index (χ0n) is 9.30. The SMILES string of the molecule is C[NH2+]C1(c2ccc(F)cc2)CCCCC1. The molecule has 15 heavy (non-hydrogen) atoms. The molecule has 82 valence electrons. The van der Waals surface area contributed by atoms with Gasteiger partial charge in [0.1, 0.15) is 11.4 Å². The van der Waals surface area contributed by atoms with Crippen LogP contribution in [-0.2, 0) is 5.54 Å². The molecule has 1 saturated carbocycles. The fraction of sp³-hybridized carbons (Fsp3) is 0.538. The van der Waals surface area contributed by atoms with E-state index in [0.29, 0.717) is 0 Å². The van der Waals surface area contributed by atoms with Crippen LogP contribution in [0.3, 0.4) is 0 Å². The maximum Gasteiger partial charge on any atom is 0.123 e. The molecule has 1 aliphatic rings. The Morgan fingerprint density at radius 3 is 2.20 bits per heavy atom. The van der Waals surface area contributed by atoms with Gasteiger partial charge in [-0.2, -0.15) is 0 Å². The number of nitrogens with two attached hydrogens (primary N) is 1. The van der Waals surface area contributed by atoms with Crippen LogP contribution in [0.2, 0.25) is 0 Å². The van der Waals surface area contributed by atoms with Gasteiger partial charge in [0.05, 0.1) is 7.05 Å². The van der Waals surface area contributed by atoms with Crippen LogP contribution >= 0.6 is 0 Å². The summed E-state index contributed by atoms with van der Waals surface area (Å²) in [5.74, 6) is -0.138. The van der Waals surface area contributed by atoms with Gasteiger partial charge in [-0.3, -0.25) is 0 Å². The second kappa shape index (κ2) is 4.31. The van der Waals surface area contributed by atoms with E-state index in [-0.39, 0.29) is 11.4 Å². The lowest BCUT2D eigenvalue weighted by Crippen LogP contribution is -2.91. The Balaban J connectivity index is 2.28. The molecule has 0 amide bonds. The summed E-state index contributed by atoms with van der Waals surface area (Å²) < 4.78 is 12.9. The Morgan fingerprint density at radius 2 is 1.67 bits per heavy atom. The third-order valence-corrected chi connectivity index (χ3v) is 3.72. The van der Waals surface area contributed by atoms with Crippen LogP contribution in [0.5, 0.6) is 0 Å². The summed E-state index contributed by atoms with van der Waals surface area (Å²) in [6, 6.07) is 7.05. The lowest BCUT2D eigenvalue weighted by molar-refractivity contribution is -0.717. The topological polar surface area (TPSA) is 16.6 Å². The molecule has 2 rings (SSSR count). The van der Waals surface area contributed by atoms with Crippen molar-refractivity contribution in [2.75, 3.05) is 7.05 Å². The minimum absolute atomic E-state index is 0.138. The Kier molecular flexibility index (Phi) is 3.06. The minimum atomic E-state index is -0.138. The molecule has 1 aromatic carbocycles. The fourth-order valence-corrected chi connectivity index (χ4v) is 2.71. The summed E-state index contributed by atoms with van der Waals surface area (Å²) in [6.45, 7) is 0. The first-order valence-electron chi connectivity index (χ1n) is 5.83. The van der Waals surface area contributed by atoms with Crippen molar-refractivity contribution in [3.63, 3.8) is 0 Å². The summed E-state index contributed by atoms with van der Waals surface area (Å²) in [7, 11) is 2.13. The van der Waals surface area contributed by atoms with E-state index in [2.05, 4.69) is 12.4 Å². The number of halogens is 1. The summed E-state index contributed by atoms with van der Waals surface area (Å²) >= 11 is 0. The number of hydrogen-bond acceptors (Lipinski definition) is 0. The van der Waals surface area contributed by atoms with E-state index in [0.717, 1.165) is 0 Å². The molecule has 0 aliphatic heterocycles. The molecule has 0 radical (unpaired) electrons. The monoisotopic (exact) mass is 208 g/mol. The predicted molar refractivity (Wildman–Crippen MR) is 59.0 cm³/mol. The smallest absolute Gasteiger partial charge is 0.123 e. The summed E-state index contributed by atoms with van der Waals surface area (Å²) in [5.41, 5.74) is 1.50. The largest absolute Gasteiger partial charge is 0.340 e. The molecular formula is C13H19FN+. The quantitative estimate of drug-likeness (QED) is 0.767. The summed E-state index contributed by atoms with van der Waals surface area (Å²) in [4.78, 5) is 0. The van der Waals surface area contributed by atoms with Crippen molar-refractivity contribution >= 4 is 0 Å². The first-order valence-corrected chi connectivity index (χ1v) is 5.83. The molecular weight excluding hydrogens is 189 g/mol. The summed E-state index contributed by atoms with van der Waals surface area (Å²) in [5, 5.41) is 2.30. The van der Waals surface area contributed by atoms with Crippen molar-refractivity contribution in [3.05, 3.63) is 35.6 Å². The fourth-order valence-electron chi connectivity index (χ4n) is 2.71. The third kappa shape index (κ3) is 2.05. The minimum Gasteiger partial charge on any atom is -0.340 e. The van der Waals surface area contributed by atoms with Crippen LogP contribution in [-0.4, -0.2) is 7.05 Å². The highest BCUT2D eigenvalue weighted by Gasteiger charge is 2.35. The highest BCUT2D eigenvalue weighted by atomic mass is 19.1. The summed E-state index contributed by atoms with van der Waals surface area (Å²) in [6.07, 6.45) is 6.37. The number of hydrogen-bond donors (Lipinski definition) is 1. The van der Waals surface area contributed by atoms with Gasteiger partial charge in [0.25, 0.3) is 0 Å². The van der Waals surface area contributed by atoms with Crippen molar-refractivity contribution in [3.8, 4) is 0 Å².